The van der Waals surface area contributed by atoms with E-state index in [0.717, 1.165) is 10.6 Å². The molecule has 0 fully saturated rings. The number of hydrogen-bond donors (Lipinski definition) is 2. The van der Waals surface area contributed by atoms with Gasteiger partial charge in [-0.05, 0) is 17.7 Å². The van der Waals surface area contributed by atoms with E-state index >= 15 is 0 Å². The molecule has 0 aromatic heterocycles. The minimum Gasteiger partial charge on any atom is -0.271 e. The van der Waals surface area contributed by atoms with Gasteiger partial charge in [0.25, 0.3) is 0 Å². The van der Waals surface area contributed by atoms with Crippen LogP contribution in [-0.2, 0) is 0 Å². The summed E-state index contributed by atoms with van der Waals surface area (Å²) in [5, 5.41) is 0.748. The third-order valence-corrected chi connectivity index (χ3v) is 1.63. The fraction of sp³-hybridized carbons (Fsp3) is 0.111. The average molecular weight is 183 g/mol. The maximum absolute atomic E-state index is 5.78. The molecule has 3 N–H and O–H groups in total. The summed E-state index contributed by atoms with van der Waals surface area (Å²) in [4.78, 5) is 0. The van der Waals surface area contributed by atoms with Gasteiger partial charge in [-0.1, -0.05) is 35.9 Å². The minimum atomic E-state index is 0.659. The zero-order chi connectivity index (χ0) is 8.81. The molecule has 0 saturated heterocycles. The molecule has 0 unspecified atom stereocenters. The van der Waals surface area contributed by atoms with Crippen LogP contribution in [0.4, 0.5) is 0 Å². The summed E-state index contributed by atoms with van der Waals surface area (Å²) in [5.41, 5.74) is 3.61. The number of hydrazine groups is 1. The van der Waals surface area contributed by atoms with Crippen molar-refractivity contribution in [2.45, 2.75) is 0 Å². The number of nitrogens with one attached hydrogen (secondary N) is 1. The molecule has 0 aliphatic rings. The van der Waals surface area contributed by atoms with Crippen molar-refractivity contribution < 1.29 is 0 Å². The average Bonchev–Trinajstić information content (AvgIpc) is 2.05. The number of rotatable bonds is 3. The Morgan fingerprint density at radius 1 is 1.50 bits per heavy atom. The molecule has 0 saturated carbocycles. The van der Waals surface area contributed by atoms with Crippen molar-refractivity contribution >= 4 is 17.7 Å². The molecule has 0 heterocycles. The first-order valence-electron chi connectivity index (χ1n) is 3.68. The summed E-state index contributed by atoms with van der Waals surface area (Å²) in [5.74, 6) is 5.10. The standard InChI is InChI=1S/C9H11ClN2/c10-9-5-1-3-8(7-9)4-2-6-12-11/h1-5,7,12H,6,11H2. The SMILES string of the molecule is NNCC=Cc1cccc(Cl)c1. The van der Waals surface area contributed by atoms with Gasteiger partial charge in [0.05, 0.1) is 0 Å². The molecule has 0 amide bonds. The van der Waals surface area contributed by atoms with Gasteiger partial charge in [-0.3, -0.25) is 11.3 Å². The number of hydrogen-bond acceptors (Lipinski definition) is 2. The molecule has 0 spiro atoms. The predicted molar refractivity (Wildman–Crippen MR) is 52.7 cm³/mol. The highest BCUT2D eigenvalue weighted by Gasteiger charge is 1.87. The first kappa shape index (κ1) is 9.26. The lowest BCUT2D eigenvalue weighted by molar-refractivity contribution is 0.825. The Morgan fingerprint density at radius 2 is 2.33 bits per heavy atom. The number of nitrogens with two attached hydrogens (primary N) is 1. The third-order valence-electron chi connectivity index (χ3n) is 1.39. The van der Waals surface area contributed by atoms with Crippen LogP contribution in [0.5, 0.6) is 0 Å². The van der Waals surface area contributed by atoms with E-state index in [-0.39, 0.29) is 0 Å². The normalized spacial score (nSPS) is 10.8. The van der Waals surface area contributed by atoms with Crippen molar-refractivity contribution in [1.82, 2.24) is 5.43 Å². The second kappa shape index (κ2) is 4.93. The molecule has 1 rings (SSSR count). The van der Waals surface area contributed by atoms with Gasteiger partial charge in [-0.2, -0.15) is 0 Å². The van der Waals surface area contributed by atoms with Crippen LogP contribution in [0, 0.1) is 0 Å². The van der Waals surface area contributed by atoms with E-state index in [2.05, 4.69) is 5.43 Å². The zero-order valence-corrected chi connectivity index (χ0v) is 7.38. The summed E-state index contributed by atoms with van der Waals surface area (Å²) in [6, 6.07) is 7.64. The summed E-state index contributed by atoms with van der Waals surface area (Å²) in [6.07, 6.45) is 3.90. The van der Waals surface area contributed by atoms with Gasteiger partial charge in [0.1, 0.15) is 0 Å². The molecule has 0 aliphatic heterocycles. The second-order valence-corrected chi connectivity index (χ2v) is 2.80. The van der Waals surface area contributed by atoms with Crippen LogP contribution in [0.15, 0.2) is 30.3 Å². The van der Waals surface area contributed by atoms with Crippen LogP contribution >= 0.6 is 11.6 Å². The molecule has 2 nitrogen and oxygen atoms in total. The molecule has 12 heavy (non-hydrogen) atoms. The molecule has 64 valence electrons. The predicted octanol–water partition coefficient (Wildman–Crippen LogP) is 1.82. The van der Waals surface area contributed by atoms with E-state index in [9.17, 15) is 0 Å². The Balaban J connectivity index is 2.63. The molecule has 1 aromatic rings. The Labute approximate surface area is 77.0 Å². The van der Waals surface area contributed by atoms with E-state index in [1.807, 2.05) is 36.4 Å². The van der Waals surface area contributed by atoms with Crippen molar-refractivity contribution in [3.05, 3.63) is 40.9 Å². The van der Waals surface area contributed by atoms with E-state index < -0.39 is 0 Å². The highest BCUT2D eigenvalue weighted by molar-refractivity contribution is 6.30. The van der Waals surface area contributed by atoms with Gasteiger partial charge >= 0.3 is 0 Å². The molecular weight excluding hydrogens is 172 g/mol. The van der Waals surface area contributed by atoms with Crippen LogP contribution in [0.1, 0.15) is 5.56 Å². The van der Waals surface area contributed by atoms with Crippen LogP contribution in [0.3, 0.4) is 0 Å². The molecule has 0 aliphatic carbocycles. The Morgan fingerprint density at radius 3 is 3.00 bits per heavy atom. The van der Waals surface area contributed by atoms with E-state index in [1.165, 1.54) is 0 Å². The number of halogens is 1. The maximum atomic E-state index is 5.78. The Bertz CT molecular complexity index is 271. The minimum absolute atomic E-state index is 0.659. The van der Waals surface area contributed by atoms with Gasteiger partial charge in [-0.15, -0.1) is 0 Å². The maximum Gasteiger partial charge on any atom is 0.0411 e. The molecule has 3 heteroatoms. The van der Waals surface area contributed by atoms with E-state index in [0.29, 0.717) is 6.54 Å². The molecule has 0 radical (unpaired) electrons. The molecule has 0 atom stereocenters. The van der Waals surface area contributed by atoms with Crippen molar-refractivity contribution in [2.75, 3.05) is 6.54 Å². The summed E-state index contributed by atoms with van der Waals surface area (Å²) < 4.78 is 0. The van der Waals surface area contributed by atoms with Crippen LogP contribution in [0.2, 0.25) is 5.02 Å². The summed E-state index contributed by atoms with van der Waals surface area (Å²) in [6.45, 7) is 0.659. The lowest BCUT2D eigenvalue weighted by Gasteiger charge is -1.93. The lowest BCUT2D eigenvalue weighted by Crippen LogP contribution is -2.21. The monoisotopic (exact) mass is 182 g/mol. The molecular formula is C9H11ClN2. The topological polar surface area (TPSA) is 38.0 Å². The van der Waals surface area contributed by atoms with Crippen molar-refractivity contribution in [1.29, 1.82) is 0 Å². The molecule has 1 aromatic carbocycles. The quantitative estimate of drug-likeness (QED) is 0.553. The Hall–Kier alpha value is -0.830. The van der Waals surface area contributed by atoms with Gasteiger partial charge < -0.3 is 0 Å². The van der Waals surface area contributed by atoms with E-state index in [4.69, 9.17) is 17.4 Å². The van der Waals surface area contributed by atoms with Crippen LogP contribution < -0.4 is 11.3 Å². The van der Waals surface area contributed by atoms with Gasteiger partial charge in [-0.25, -0.2) is 0 Å². The lowest BCUT2D eigenvalue weighted by atomic mass is 10.2. The van der Waals surface area contributed by atoms with Gasteiger partial charge in [0.15, 0.2) is 0 Å². The van der Waals surface area contributed by atoms with E-state index in [1.54, 1.807) is 0 Å². The fourth-order valence-electron chi connectivity index (χ4n) is 0.873. The smallest absolute Gasteiger partial charge is 0.0411 e. The fourth-order valence-corrected chi connectivity index (χ4v) is 1.07. The first-order chi connectivity index (χ1) is 5.83. The van der Waals surface area contributed by atoms with Crippen molar-refractivity contribution in [2.24, 2.45) is 5.84 Å². The third kappa shape index (κ3) is 3.05. The summed E-state index contributed by atoms with van der Waals surface area (Å²) >= 11 is 5.78. The van der Waals surface area contributed by atoms with Crippen molar-refractivity contribution in [3.63, 3.8) is 0 Å². The van der Waals surface area contributed by atoms with Gasteiger partial charge in [0.2, 0.25) is 0 Å². The first-order valence-corrected chi connectivity index (χ1v) is 4.06. The van der Waals surface area contributed by atoms with Gasteiger partial charge in [0, 0.05) is 11.6 Å². The largest absolute Gasteiger partial charge is 0.271 e. The van der Waals surface area contributed by atoms with Crippen LogP contribution in [0.25, 0.3) is 6.08 Å². The Kier molecular flexibility index (Phi) is 3.80. The highest BCUT2D eigenvalue weighted by atomic mass is 35.5. The summed E-state index contributed by atoms with van der Waals surface area (Å²) in [7, 11) is 0. The molecule has 0 bridgehead atoms. The number of benzene rings is 1. The highest BCUT2D eigenvalue weighted by Crippen LogP contribution is 2.11. The van der Waals surface area contributed by atoms with Crippen LogP contribution in [-0.4, -0.2) is 6.54 Å². The van der Waals surface area contributed by atoms with Crippen molar-refractivity contribution in [3.8, 4) is 0 Å². The zero-order valence-electron chi connectivity index (χ0n) is 6.63. The second-order valence-electron chi connectivity index (χ2n) is 2.37.